The summed E-state index contributed by atoms with van der Waals surface area (Å²) < 4.78 is 4.87. The van der Waals surface area contributed by atoms with Gasteiger partial charge in [-0.3, -0.25) is 9.59 Å². The summed E-state index contributed by atoms with van der Waals surface area (Å²) in [6.45, 7) is 3.30. The number of nitrogens with one attached hydrogen (secondary N) is 1. The van der Waals surface area contributed by atoms with E-state index in [0.29, 0.717) is 5.56 Å². The summed E-state index contributed by atoms with van der Waals surface area (Å²) in [4.78, 5) is 37.9. The molecular formula is C26H25N2O4. The zero-order valence-electron chi connectivity index (χ0n) is 18.3. The van der Waals surface area contributed by atoms with Crippen LogP contribution in [0.4, 0.5) is 0 Å². The van der Waals surface area contributed by atoms with E-state index in [4.69, 9.17) is 4.74 Å². The molecular weight excluding hydrogens is 404 g/mol. The maximum absolute atomic E-state index is 12.8. The Kier molecular flexibility index (Phi) is 7.88. The fourth-order valence-corrected chi connectivity index (χ4v) is 3.18. The van der Waals surface area contributed by atoms with Gasteiger partial charge >= 0.3 is 5.97 Å². The fraction of sp³-hybridized carbons (Fsp3) is 0.231. The molecule has 5 radical (unpaired) electrons. The van der Waals surface area contributed by atoms with E-state index in [9.17, 15) is 14.4 Å². The second kappa shape index (κ2) is 10.8. The largest absolute Gasteiger partial charge is 0.464 e. The number of nitrogens with zero attached hydrogens (tertiary/aromatic N) is 1. The monoisotopic (exact) mass is 429 g/mol. The molecule has 0 saturated heterocycles. The molecule has 163 valence electrons. The second-order valence-electron chi connectivity index (χ2n) is 7.40. The summed E-state index contributed by atoms with van der Waals surface area (Å²) in [5, 5.41) is 4.42. The molecule has 2 aromatic rings. The molecule has 0 bridgehead atoms. The van der Waals surface area contributed by atoms with Gasteiger partial charge in [-0.1, -0.05) is 24.0 Å². The number of hydrogen-bond donors (Lipinski definition) is 1. The van der Waals surface area contributed by atoms with Crippen molar-refractivity contribution < 1.29 is 19.1 Å². The number of esters is 1. The molecule has 1 fully saturated rings. The smallest absolute Gasteiger partial charge is 0.328 e. The average Bonchev–Trinajstić information content (AvgIpc) is 3.30. The number of fused-ring (bicyclic) bond motifs is 1. The van der Waals surface area contributed by atoms with E-state index in [0.717, 1.165) is 22.3 Å². The van der Waals surface area contributed by atoms with E-state index >= 15 is 0 Å². The summed E-state index contributed by atoms with van der Waals surface area (Å²) in [6.07, 6.45) is 7.82. The zero-order valence-corrected chi connectivity index (χ0v) is 18.3. The normalized spacial score (nSPS) is 14.3. The molecule has 0 aliphatic heterocycles. The minimum atomic E-state index is -0.775. The number of benzene rings is 2. The van der Waals surface area contributed by atoms with Gasteiger partial charge in [0.15, 0.2) is 0 Å². The van der Waals surface area contributed by atoms with Crippen LogP contribution >= 0.6 is 0 Å². The fourth-order valence-electron chi connectivity index (χ4n) is 3.18. The van der Waals surface area contributed by atoms with Gasteiger partial charge in [0.1, 0.15) is 6.04 Å². The summed E-state index contributed by atoms with van der Waals surface area (Å²) in [5.74, 6) is 6.00. The summed E-state index contributed by atoms with van der Waals surface area (Å²) in [6, 6.07) is 10.4. The molecule has 6 heteroatoms. The Morgan fingerprint density at radius 1 is 1.03 bits per heavy atom. The van der Waals surface area contributed by atoms with Crippen molar-refractivity contribution in [1.82, 2.24) is 10.2 Å². The Morgan fingerprint density at radius 2 is 1.72 bits per heavy atom. The van der Waals surface area contributed by atoms with E-state index in [2.05, 4.69) is 17.2 Å². The van der Waals surface area contributed by atoms with Gasteiger partial charge in [-0.25, -0.2) is 4.79 Å². The first kappa shape index (κ1) is 23.3. The summed E-state index contributed by atoms with van der Waals surface area (Å²) in [5.41, 5.74) is 1.36. The molecule has 2 amide bonds. The van der Waals surface area contributed by atoms with Crippen molar-refractivity contribution in [3.05, 3.63) is 79.1 Å². The molecule has 1 atom stereocenters. The Hall–Kier alpha value is -3.33. The highest BCUT2D eigenvalue weighted by Gasteiger charge is 2.20. The van der Waals surface area contributed by atoms with E-state index in [1.807, 2.05) is 49.9 Å². The molecule has 6 nitrogen and oxygen atoms in total. The molecule has 2 aromatic carbocycles. The van der Waals surface area contributed by atoms with Crippen molar-refractivity contribution in [2.24, 2.45) is 0 Å². The lowest BCUT2D eigenvalue weighted by Gasteiger charge is -2.19. The standard InChI is InChI=1S/C26H25N2O4/c1-4-32-26(31)18(2)27-24(29)17-28(3)25(30)23-14-13-21-15-20(11-12-22(21)16-23)10-9-19-7-5-6-8-19/h5-8,11-16,18H,4,17H2,1-3H3,(H,27,29)/t18-/m0/s1. The number of ether oxygens (including phenoxy) is 1. The number of carbonyl (C=O) groups is 3. The quantitative estimate of drug-likeness (QED) is 0.566. The first-order chi connectivity index (χ1) is 15.4. The highest BCUT2D eigenvalue weighted by atomic mass is 16.5. The van der Waals surface area contributed by atoms with E-state index < -0.39 is 17.9 Å². The molecule has 1 aliphatic carbocycles. The minimum absolute atomic E-state index is 0.170. The molecule has 0 spiro atoms. The van der Waals surface area contributed by atoms with Crippen LogP contribution in [0.25, 0.3) is 10.8 Å². The second-order valence-corrected chi connectivity index (χ2v) is 7.40. The number of hydrogen-bond acceptors (Lipinski definition) is 4. The Morgan fingerprint density at radius 3 is 2.44 bits per heavy atom. The average molecular weight is 429 g/mol. The van der Waals surface area contributed by atoms with Crippen molar-refractivity contribution in [2.75, 3.05) is 20.2 Å². The van der Waals surface area contributed by atoms with Crippen molar-refractivity contribution >= 4 is 28.6 Å². The van der Waals surface area contributed by atoms with Crippen LogP contribution in [0, 0.1) is 43.4 Å². The lowest BCUT2D eigenvalue weighted by Crippen LogP contribution is -2.45. The van der Waals surface area contributed by atoms with Crippen LogP contribution in [-0.2, 0) is 14.3 Å². The van der Waals surface area contributed by atoms with Crippen LogP contribution in [0.5, 0.6) is 0 Å². The van der Waals surface area contributed by atoms with Crippen molar-refractivity contribution in [3.8, 4) is 11.8 Å². The Labute approximate surface area is 189 Å². The number of likely N-dealkylation sites (N-methyl/N-ethyl adjacent to an activating group) is 1. The lowest BCUT2D eigenvalue weighted by atomic mass is 10.0. The topological polar surface area (TPSA) is 75.7 Å². The third-order valence-corrected chi connectivity index (χ3v) is 4.85. The number of rotatable bonds is 6. The molecule has 1 saturated carbocycles. The van der Waals surface area contributed by atoms with Crippen molar-refractivity contribution in [1.29, 1.82) is 0 Å². The molecule has 1 N–H and O–H groups in total. The van der Waals surface area contributed by atoms with Gasteiger partial charge in [0, 0.05) is 18.2 Å². The van der Waals surface area contributed by atoms with Gasteiger partial charge in [0.25, 0.3) is 5.91 Å². The summed E-state index contributed by atoms with van der Waals surface area (Å²) >= 11 is 0. The highest BCUT2D eigenvalue weighted by Crippen LogP contribution is 2.22. The Bertz CT molecular complexity index is 1060. The molecule has 1 aliphatic rings. The maximum Gasteiger partial charge on any atom is 0.328 e. The third-order valence-electron chi connectivity index (χ3n) is 4.85. The first-order valence-corrected chi connectivity index (χ1v) is 10.4. The van der Waals surface area contributed by atoms with Crippen molar-refractivity contribution in [2.45, 2.75) is 19.9 Å². The van der Waals surface area contributed by atoms with Crippen LogP contribution < -0.4 is 5.32 Å². The zero-order chi connectivity index (χ0) is 23.1. The predicted molar refractivity (Wildman–Crippen MR) is 122 cm³/mol. The van der Waals surface area contributed by atoms with Crippen LogP contribution in [0.3, 0.4) is 0 Å². The van der Waals surface area contributed by atoms with E-state index in [-0.39, 0.29) is 19.1 Å². The molecule has 3 rings (SSSR count). The van der Waals surface area contributed by atoms with Crippen LogP contribution in [0.1, 0.15) is 29.8 Å². The molecule has 32 heavy (non-hydrogen) atoms. The van der Waals surface area contributed by atoms with Gasteiger partial charge in [-0.05, 0) is 74.6 Å². The highest BCUT2D eigenvalue weighted by molar-refractivity contribution is 6.00. The molecule has 0 aromatic heterocycles. The number of amides is 2. The SMILES string of the molecule is CCOC(=O)[C@H](C)NC(=O)CN(C)C(=O)c1ccc2cc(C#C[C]3[CH][CH][CH][CH]3)ccc2c1. The van der Waals surface area contributed by atoms with Gasteiger partial charge in [0.05, 0.1) is 19.1 Å². The predicted octanol–water partition coefficient (Wildman–Crippen LogP) is 2.74. The summed E-state index contributed by atoms with van der Waals surface area (Å²) in [7, 11) is 1.55. The van der Waals surface area contributed by atoms with Gasteiger partial charge in [-0.15, -0.1) is 0 Å². The van der Waals surface area contributed by atoms with Crippen LogP contribution in [0.2, 0.25) is 0 Å². The van der Waals surface area contributed by atoms with Gasteiger partial charge in [-0.2, -0.15) is 0 Å². The van der Waals surface area contributed by atoms with E-state index in [1.54, 1.807) is 33.0 Å². The number of carbonyl (C=O) groups excluding carboxylic acids is 3. The lowest BCUT2D eigenvalue weighted by molar-refractivity contribution is -0.146. The third kappa shape index (κ3) is 6.10. The first-order valence-electron chi connectivity index (χ1n) is 10.4. The molecule has 0 unspecified atom stereocenters. The van der Waals surface area contributed by atoms with E-state index in [1.165, 1.54) is 4.90 Å². The molecule has 0 heterocycles. The van der Waals surface area contributed by atoms with Crippen molar-refractivity contribution in [3.63, 3.8) is 0 Å². The van der Waals surface area contributed by atoms with Gasteiger partial charge in [0.2, 0.25) is 5.91 Å². The van der Waals surface area contributed by atoms with Crippen LogP contribution in [0.15, 0.2) is 36.4 Å². The van der Waals surface area contributed by atoms with Gasteiger partial charge < -0.3 is 15.0 Å². The maximum atomic E-state index is 12.8. The Balaban J connectivity index is 1.63. The van der Waals surface area contributed by atoms with Crippen LogP contribution in [-0.4, -0.2) is 48.9 Å². The minimum Gasteiger partial charge on any atom is -0.464 e.